The first-order valence-electron chi connectivity index (χ1n) is 7.13. The molecule has 2 aromatic rings. The molecular formula is C17H19N3O. The van der Waals surface area contributed by atoms with Gasteiger partial charge in [0, 0.05) is 18.0 Å². The van der Waals surface area contributed by atoms with E-state index in [1.807, 2.05) is 30.3 Å². The van der Waals surface area contributed by atoms with Crippen LogP contribution in [0.5, 0.6) is 0 Å². The third-order valence-electron chi connectivity index (χ3n) is 3.11. The van der Waals surface area contributed by atoms with E-state index in [1.54, 1.807) is 24.5 Å². The largest absolute Gasteiger partial charge is 0.271 e. The molecule has 0 fully saturated rings. The number of hydrazone groups is 1. The molecule has 0 saturated carbocycles. The standard InChI is InChI=1S/C17H19N3O/c1-2-3-9-16(14-7-5-4-6-8-14)19-20-17(21)15-10-12-18-13-11-15/h4-8,10-13H,2-3,9H2,1H3,(H,20,21). The monoisotopic (exact) mass is 281 g/mol. The number of rotatable bonds is 6. The van der Waals surface area contributed by atoms with Crippen molar-refractivity contribution in [2.75, 3.05) is 0 Å². The Morgan fingerprint density at radius 1 is 1.10 bits per heavy atom. The summed E-state index contributed by atoms with van der Waals surface area (Å²) in [4.78, 5) is 15.9. The van der Waals surface area contributed by atoms with Crippen molar-refractivity contribution in [3.8, 4) is 0 Å². The van der Waals surface area contributed by atoms with E-state index in [1.165, 1.54) is 0 Å². The summed E-state index contributed by atoms with van der Waals surface area (Å²) in [6.45, 7) is 2.14. The fourth-order valence-electron chi connectivity index (χ4n) is 1.93. The molecule has 1 aromatic carbocycles. The van der Waals surface area contributed by atoms with Crippen LogP contribution < -0.4 is 5.43 Å². The number of nitrogens with one attached hydrogen (secondary N) is 1. The van der Waals surface area contributed by atoms with Crippen LogP contribution in [0.4, 0.5) is 0 Å². The minimum absolute atomic E-state index is 0.220. The maximum atomic E-state index is 12.0. The van der Waals surface area contributed by atoms with Crippen molar-refractivity contribution in [2.45, 2.75) is 26.2 Å². The van der Waals surface area contributed by atoms with Crippen molar-refractivity contribution >= 4 is 11.6 Å². The highest BCUT2D eigenvalue weighted by atomic mass is 16.2. The summed E-state index contributed by atoms with van der Waals surface area (Å²) < 4.78 is 0. The number of pyridine rings is 1. The molecule has 0 unspecified atom stereocenters. The van der Waals surface area contributed by atoms with E-state index < -0.39 is 0 Å². The van der Waals surface area contributed by atoms with Crippen LogP contribution >= 0.6 is 0 Å². The van der Waals surface area contributed by atoms with Gasteiger partial charge in [-0.2, -0.15) is 5.10 Å². The first-order chi connectivity index (χ1) is 10.3. The molecule has 21 heavy (non-hydrogen) atoms. The molecule has 0 saturated heterocycles. The number of nitrogens with zero attached hydrogens (tertiary/aromatic N) is 2. The summed E-state index contributed by atoms with van der Waals surface area (Å²) in [6, 6.07) is 13.3. The second-order valence-electron chi connectivity index (χ2n) is 4.70. The zero-order valence-electron chi connectivity index (χ0n) is 12.1. The normalized spacial score (nSPS) is 11.2. The molecule has 1 amide bonds. The second-order valence-corrected chi connectivity index (χ2v) is 4.70. The van der Waals surface area contributed by atoms with E-state index in [0.717, 1.165) is 30.5 Å². The van der Waals surface area contributed by atoms with Gasteiger partial charge in [-0.3, -0.25) is 9.78 Å². The minimum atomic E-state index is -0.220. The molecule has 4 heteroatoms. The Morgan fingerprint density at radius 3 is 2.48 bits per heavy atom. The number of amides is 1. The van der Waals surface area contributed by atoms with Crippen LogP contribution in [-0.2, 0) is 0 Å². The van der Waals surface area contributed by atoms with Crippen LogP contribution in [0.1, 0.15) is 42.1 Å². The van der Waals surface area contributed by atoms with Gasteiger partial charge < -0.3 is 0 Å². The molecule has 0 atom stereocenters. The van der Waals surface area contributed by atoms with E-state index in [9.17, 15) is 4.79 Å². The fraction of sp³-hybridized carbons (Fsp3) is 0.235. The summed E-state index contributed by atoms with van der Waals surface area (Å²) in [6.07, 6.45) is 6.15. The zero-order valence-corrected chi connectivity index (χ0v) is 12.1. The van der Waals surface area contributed by atoms with Crippen molar-refractivity contribution in [1.29, 1.82) is 0 Å². The lowest BCUT2D eigenvalue weighted by molar-refractivity contribution is 0.0954. The molecule has 108 valence electrons. The lowest BCUT2D eigenvalue weighted by Crippen LogP contribution is -2.20. The number of aromatic nitrogens is 1. The van der Waals surface area contributed by atoms with Gasteiger partial charge in [0.1, 0.15) is 0 Å². The van der Waals surface area contributed by atoms with E-state index in [4.69, 9.17) is 0 Å². The fourth-order valence-corrected chi connectivity index (χ4v) is 1.93. The van der Waals surface area contributed by atoms with Gasteiger partial charge in [0.25, 0.3) is 5.91 Å². The maximum Gasteiger partial charge on any atom is 0.271 e. The molecule has 2 rings (SSSR count). The average molecular weight is 281 g/mol. The maximum absolute atomic E-state index is 12.0. The summed E-state index contributed by atoms with van der Waals surface area (Å²) in [5, 5.41) is 4.30. The molecular weight excluding hydrogens is 262 g/mol. The third-order valence-corrected chi connectivity index (χ3v) is 3.11. The van der Waals surface area contributed by atoms with Crippen LogP contribution in [0.2, 0.25) is 0 Å². The quantitative estimate of drug-likeness (QED) is 0.651. The van der Waals surface area contributed by atoms with Crippen molar-refractivity contribution in [1.82, 2.24) is 10.4 Å². The van der Waals surface area contributed by atoms with Gasteiger partial charge in [-0.15, -0.1) is 0 Å². The van der Waals surface area contributed by atoms with Crippen LogP contribution in [0.25, 0.3) is 0 Å². The molecule has 0 aliphatic heterocycles. The van der Waals surface area contributed by atoms with Crippen molar-refractivity contribution < 1.29 is 4.79 Å². The van der Waals surface area contributed by atoms with Gasteiger partial charge in [0.2, 0.25) is 0 Å². The Hall–Kier alpha value is -2.49. The molecule has 0 aliphatic carbocycles. The zero-order chi connectivity index (χ0) is 14.9. The number of carbonyl (C=O) groups is 1. The Morgan fingerprint density at radius 2 is 1.81 bits per heavy atom. The van der Waals surface area contributed by atoms with Crippen molar-refractivity contribution in [3.63, 3.8) is 0 Å². The van der Waals surface area contributed by atoms with Crippen molar-refractivity contribution in [3.05, 3.63) is 66.0 Å². The van der Waals surface area contributed by atoms with Gasteiger partial charge in [-0.25, -0.2) is 5.43 Å². The lowest BCUT2D eigenvalue weighted by Gasteiger charge is -2.07. The summed E-state index contributed by atoms with van der Waals surface area (Å²) in [7, 11) is 0. The van der Waals surface area contributed by atoms with Crippen LogP contribution in [-0.4, -0.2) is 16.6 Å². The Kier molecular flexibility index (Phi) is 5.64. The summed E-state index contributed by atoms with van der Waals surface area (Å²) in [5.41, 5.74) is 5.13. The number of hydrogen-bond donors (Lipinski definition) is 1. The van der Waals surface area contributed by atoms with Crippen LogP contribution in [0.15, 0.2) is 60.0 Å². The lowest BCUT2D eigenvalue weighted by atomic mass is 10.1. The number of hydrogen-bond acceptors (Lipinski definition) is 3. The van der Waals surface area contributed by atoms with E-state index >= 15 is 0 Å². The summed E-state index contributed by atoms with van der Waals surface area (Å²) >= 11 is 0. The van der Waals surface area contributed by atoms with Gasteiger partial charge in [-0.1, -0.05) is 43.7 Å². The number of carbonyl (C=O) groups excluding carboxylic acids is 1. The second kappa shape index (κ2) is 7.94. The predicted molar refractivity (Wildman–Crippen MR) is 84.2 cm³/mol. The van der Waals surface area contributed by atoms with Crippen LogP contribution in [0.3, 0.4) is 0 Å². The first kappa shape index (κ1) is 14.9. The predicted octanol–water partition coefficient (Wildman–Crippen LogP) is 3.41. The average Bonchev–Trinajstić information content (AvgIpc) is 2.56. The third kappa shape index (κ3) is 4.53. The van der Waals surface area contributed by atoms with Gasteiger partial charge >= 0.3 is 0 Å². The summed E-state index contributed by atoms with van der Waals surface area (Å²) in [5.74, 6) is -0.220. The minimum Gasteiger partial charge on any atom is -0.267 e. The molecule has 1 heterocycles. The van der Waals surface area contributed by atoms with Gasteiger partial charge in [0.05, 0.1) is 5.71 Å². The highest BCUT2D eigenvalue weighted by molar-refractivity contribution is 6.02. The smallest absolute Gasteiger partial charge is 0.267 e. The van der Waals surface area contributed by atoms with Gasteiger partial charge in [-0.05, 0) is 30.5 Å². The highest BCUT2D eigenvalue weighted by Crippen LogP contribution is 2.08. The number of unbranched alkanes of at least 4 members (excludes halogenated alkanes) is 1. The molecule has 0 bridgehead atoms. The van der Waals surface area contributed by atoms with Crippen LogP contribution in [0, 0.1) is 0 Å². The molecule has 1 aromatic heterocycles. The van der Waals surface area contributed by atoms with Crippen molar-refractivity contribution in [2.24, 2.45) is 5.10 Å². The van der Waals surface area contributed by atoms with E-state index in [-0.39, 0.29) is 5.91 Å². The van der Waals surface area contributed by atoms with E-state index in [2.05, 4.69) is 22.4 Å². The Labute approximate surface area is 124 Å². The molecule has 0 spiro atoms. The molecule has 4 nitrogen and oxygen atoms in total. The Balaban J connectivity index is 2.11. The number of benzene rings is 1. The molecule has 1 N–H and O–H groups in total. The topological polar surface area (TPSA) is 54.4 Å². The van der Waals surface area contributed by atoms with E-state index in [0.29, 0.717) is 5.56 Å². The SMILES string of the molecule is CCCCC(=NNC(=O)c1ccncc1)c1ccccc1. The first-order valence-corrected chi connectivity index (χ1v) is 7.13. The molecule has 0 radical (unpaired) electrons. The highest BCUT2D eigenvalue weighted by Gasteiger charge is 2.06. The molecule has 0 aliphatic rings. The van der Waals surface area contributed by atoms with Gasteiger partial charge in [0.15, 0.2) is 0 Å². The Bertz CT molecular complexity index is 594.